The molecule has 35 heavy (non-hydrogen) atoms. The van der Waals surface area contributed by atoms with Crippen molar-refractivity contribution in [3.8, 4) is 0 Å². The van der Waals surface area contributed by atoms with Gasteiger partial charge in [-0.2, -0.15) is 0 Å². The van der Waals surface area contributed by atoms with Gasteiger partial charge in [-0.05, 0) is 57.0 Å². The first-order chi connectivity index (χ1) is 16.9. The van der Waals surface area contributed by atoms with E-state index >= 15 is 0 Å². The lowest BCUT2D eigenvalue weighted by molar-refractivity contribution is 0.0888. The van der Waals surface area contributed by atoms with Crippen molar-refractivity contribution in [3.05, 3.63) is 50.6 Å². The molecule has 7 nitrogen and oxygen atoms in total. The molecule has 3 heterocycles. The number of carbonyl (C=O) groups is 2. The molecule has 0 saturated heterocycles. The summed E-state index contributed by atoms with van der Waals surface area (Å²) < 4.78 is 0. The van der Waals surface area contributed by atoms with E-state index in [0.717, 1.165) is 61.8 Å². The topological polar surface area (TPSA) is 90.1 Å². The Morgan fingerprint density at radius 3 is 2.97 bits per heavy atom. The minimum atomic E-state index is -0.308. The SMILES string of the molecule is CC(NCC1CCCC[C@@H]1NC(=O)c1cc2cc(Cl)ccc2[nH]1)C(=O)c1nc2c(s1)CN(C)CC2. The maximum atomic E-state index is 13.1. The number of benzene rings is 1. The summed E-state index contributed by atoms with van der Waals surface area (Å²) in [5.74, 6) is 0.233. The Morgan fingerprint density at radius 1 is 1.29 bits per heavy atom. The number of fused-ring (bicyclic) bond motifs is 2. The largest absolute Gasteiger partial charge is 0.351 e. The fraction of sp³-hybridized carbons (Fsp3) is 0.500. The first kappa shape index (κ1) is 24.4. The Bertz CT molecular complexity index is 1240. The van der Waals surface area contributed by atoms with Crippen molar-refractivity contribution in [1.29, 1.82) is 0 Å². The number of rotatable bonds is 7. The van der Waals surface area contributed by atoms with Crippen LogP contribution >= 0.6 is 22.9 Å². The van der Waals surface area contributed by atoms with Crippen molar-refractivity contribution >= 4 is 45.5 Å². The lowest BCUT2D eigenvalue weighted by Crippen LogP contribution is -2.47. The quantitative estimate of drug-likeness (QED) is 0.407. The van der Waals surface area contributed by atoms with Crippen LogP contribution in [0.3, 0.4) is 0 Å². The summed E-state index contributed by atoms with van der Waals surface area (Å²) in [6.07, 6.45) is 5.11. The Hall–Kier alpha value is -2.26. The summed E-state index contributed by atoms with van der Waals surface area (Å²) in [5, 5.41) is 8.86. The van der Waals surface area contributed by atoms with Gasteiger partial charge >= 0.3 is 0 Å². The third kappa shape index (κ3) is 5.45. The summed E-state index contributed by atoms with van der Waals surface area (Å²) in [5.41, 5.74) is 2.52. The first-order valence-electron chi connectivity index (χ1n) is 12.4. The van der Waals surface area contributed by atoms with Gasteiger partial charge in [0.2, 0.25) is 5.78 Å². The standard InChI is InChI=1S/C26H32ClN5O2S/c1-15(24(33)26-31-21-9-10-32(2)14-23(21)35-26)28-13-16-5-3-4-6-19(16)30-25(34)22-12-17-11-18(27)7-8-20(17)29-22/h7-8,11-12,15-16,19,28-29H,3-6,9-10,13-14H2,1-2H3,(H,30,34)/t15?,16?,19-/m0/s1. The molecule has 1 aromatic carbocycles. The van der Waals surface area contributed by atoms with Crippen LogP contribution in [0.15, 0.2) is 24.3 Å². The minimum Gasteiger partial charge on any atom is -0.351 e. The molecule has 5 rings (SSSR count). The highest BCUT2D eigenvalue weighted by Gasteiger charge is 2.29. The number of Topliss-reactive ketones (excluding diaryl/α,β-unsaturated/α-hetero) is 1. The molecule has 1 aliphatic carbocycles. The molecule has 1 aliphatic heterocycles. The van der Waals surface area contributed by atoms with Crippen LogP contribution in [-0.2, 0) is 13.0 Å². The number of aromatic nitrogens is 2. The molecule has 3 atom stereocenters. The second-order valence-electron chi connectivity index (χ2n) is 9.91. The van der Waals surface area contributed by atoms with Crippen molar-refractivity contribution in [1.82, 2.24) is 25.5 Å². The number of nitrogens with zero attached hydrogens (tertiary/aromatic N) is 2. The Kier molecular flexibility index (Phi) is 7.25. The van der Waals surface area contributed by atoms with Gasteiger partial charge in [-0.1, -0.05) is 24.4 Å². The molecule has 2 aromatic heterocycles. The number of H-pyrrole nitrogens is 1. The zero-order valence-corrected chi connectivity index (χ0v) is 21.8. The van der Waals surface area contributed by atoms with Crippen LogP contribution in [0.4, 0.5) is 0 Å². The number of thiazole rings is 1. The van der Waals surface area contributed by atoms with Gasteiger partial charge in [0.05, 0.1) is 11.7 Å². The molecule has 3 aromatic rings. The van der Waals surface area contributed by atoms with Gasteiger partial charge in [-0.15, -0.1) is 11.3 Å². The predicted octanol–water partition coefficient (Wildman–Crippen LogP) is 4.42. The fourth-order valence-electron chi connectivity index (χ4n) is 5.15. The van der Waals surface area contributed by atoms with E-state index in [9.17, 15) is 9.59 Å². The van der Waals surface area contributed by atoms with E-state index in [0.29, 0.717) is 22.3 Å². The second-order valence-corrected chi connectivity index (χ2v) is 11.4. The zero-order chi connectivity index (χ0) is 24.5. The van der Waals surface area contributed by atoms with Gasteiger partial charge < -0.3 is 20.5 Å². The molecular weight excluding hydrogens is 482 g/mol. The maximum Gasteiger partial charge on any atom is 0.267 e. The summed E-state index contributed by atoms with van der Waals surface area (Å²) in [4.78, 5) is 37.4. The fourth-order valence-corrected chi connectivity index (χ4v) is 6.55. The second kappa shape index (κ2) is 10.4. The van der Waals surface area contributed by atoms with Gasteiger partial charge in [0.25, 0.3) is 5.91 Å². The number of hydrogen-bond donors (Lipinski definition) is 3. The highest BCUT2D eigenvalue weighted by molar-refractivity contribution is 7.13. The van der Waals surface area contributed by atoms with Crippen LogP contribution < -0.4 is 10.6 Å². The number of ketones is 1. The first-order valence-corrected chi connectivity index (χ1v) is 13.6. The average Bonchev–Trinajstić information content (AvgIpc) is 3.46. The number of halogens is 1. The van der Waals surface area contributed by atoms with Crippen LogP contribution in [0.2, 0.25) is 5.02 Å². The van der Waals surface area contributed by atoms with Gasteiger partial charge in [-0.3, -0.25) is 9.59 Å². The molecule has 3 N–H and O–H groups in total. The molecule has 0 radical (unpaired) electrons. The zero-order valence-electron chi connectivity index (χ0n) is 20.2. The lowest BCUT2D eigenvalue weighted by Gasteiger charge is -2.33. The number of carbonyl (C=O) groups excluding carboxylic acids is 2. The van der Waals surface area contributed by atoms with E-state index in [2.05, 4.69) is 32.5 Å². The molecule has 2 aliphatic rings. The highest BCUT2D eigenvalue weighted by Crippen LogP contribution is 2.27. The van der Waals surface area contributed by atoms with E-state index in [1.807, 2.05) is 31.2 Å². The van der Waals surface area contributed by atoms with Gasteiger partial charge in [-0.25, -0.2) is 4.98 Å². The molecular formula is C26H32ClN5O2S. The van der Waals surface area contributed by atoms with Gasteiger partial charge in [0.15, 0.2) is 5.01 Å². The number of hydrogen-bond acceptors (Lipinski definition) is 6. The van der Waals surface area contributed by atoms with Crippen molar-refractivity contribution in [2.75, 3.05) is 20.1 Å². The molecule has 9 heteroatoms. The summed E-state index contributed by atoms with van der Waals surface area (Å²) in [6, 6.07) is 7.16. The Balaban J connectivity index is 1.19. The highest BCUT2D eigenvalue weighted by atomic mass is 35.5. The van der Waals surface area contributed by atoms with Gasteiger partial charge in [0, 0.05) is 52.9 Å². The van der Waals surface area contributed by atoms with E-state index in [4.69, 9.17) is 11.6 Å². The number of aromatic amines is 1. The van der Waals surface area contributed by atoms with Crippen LogP contribution in [0.25, 0.3) is 10.9 Å². The Morgan fingerprint density at radius 2 is 2.11 bits per heavy atom. The minimum absolute atomic E-state index is 0.0557. The molecule has 0 bridgehead atoms. The smallest absolute Gasteiger partial charge is 0.267 e. The Labute approximate surface area is 214 Å². The van der Waals surface area contributed by atoms with E-state index in [1.54, 1.807) is 0 Å². The average molecular weight is 514 g/mol. The van der Waals surface area contributed by atoms with E-state index in [-0.39, 0.29) is 29.7 Å². The third-order valence-corrected chi connectivity index (χ3v) is 8.60. The molecule has 2 unspecified atom stereocenters. The molecule has 1 saturated carbocycles. The van der Waals surface area contributed by atoms with Crippen molar-refractivity contribution in [2.24, 2.45) is 5.92 Å². The van der Waals surface area contributed by atoms with Crippen LogP contribution in [0.1, 0.15) is 63.5 Å². The molecule has 0 spiro atoms. The van der Waals surface area contributed by atoms with E-state index in [1.165, 1.54) is 16.2 Å². The third-order valence-electron chi connectivity index (χ3n) is 7.27. The van der Waals surface area contributed by atoms with Crippen LogP contribution in [0, 0.1) is 5.92 Å². The van der Waals surface area contributed by atoms with E-state index < -0.39 is 0 Å². The summed E-state index contributed by atoms with van der Waals surface area (Å²) in [7, 11) is 2.10. The van der Waals surface area contributed by atoms with Crippen LogP contribution in [0.5, 0.6) is 0 Å². The van der Waals surface area contributed by atoms with Gasteiger partial charge in [0.1, 0.15) is 5.69 Å². The number of nitrogens with one attached hydrogen (secondary N) is 3. The summed E-state index contributed by atoms with van der Waals surface area (Å²) in [6.45, 7) is 4.46. The molecule has 1 fully saturated rings. The normalized spacial score (nSPS) is 21.6. The lowest BCUT2D eigenvalue weighted by atomic mass is 9.84. The van der Waals surface area contributed by atoms with Crippen molar-refractivity contribution in [3.63, 3.8) is 0 Å². The van der Waals surface area contributed by atoms with Crippen LogP contribution in [-0.4, -0.2) is 58.8 Å². The number of likely N-dealkylation sites (N-methyl/N-ethyl adjacent to an activating group) is 1. The maximum absolute atomic E-state index is 13.1. The summed E-state index contributed by atoms with van der Waals surface area (Å²) >= 11 is 7.62. The monoisotopic (exact) mass is 513 g/mol. The molecule has 1 amide bonds. The number of amides is 1. The van der Waals surface area contributed by atoms with Crippen molar-refractivity contribution < 1.29 is 9.59 Å². The van der Waals surface area contributed by atoms with Crippen molar-refractivity contribution in [2.45, 2.75) is 57.7 Å². The molecule has 186 valence electrons. The predicted molar refractivity (Wildman–Crippen MR) is 140 cm³/mol.